The number of ether oxygens (including phenoxy) is 9. The van der Waals surface area contributed by atoms with Crippen LogP contribution in [0.25, 0.3) is 0 Å². The number of ketones is 3. The number of alkyl halides is 1. The Bertz CT molecular complexity index is 5250. The van der Waals surface area contributed by atoms with E-state index in [2.05, 4.69) is 39.1 Å². The van der Waals surface area contributed by atoms with Crippen LogP contribution in [0.4, 0.5) is 0 Å². The molecule has 58 heteroatoms. The minimum atomic E-state index is -4.67. The molecule has 16 rings (SSSR count). The van der Waals surface area contributed by atoms with Crippen molar-refractivity contribution in [3.8, 4) is 0 Å². The number of aliphatic hydroxyl groups is 5. The van der Waals surface area contributed by atoms with Crippen LogP contribution in [-0.2, 0) is 88.6 Å². The number of nitrogens with zero attached hydrogens (tertiary/aromatic N) is 1. The van der Waals surface area contributed by atoms with Gasteiger partial charge >= 0.3 is 59.1 Å². The number of aliphatic hydroxyl groups excluding tert-OH is 5. The first-order valence-corrected chi connectivity index (χ1v) is 54.3. The van der Waals surface area contributed by atoms with E-state index in [-0.39, 0.29) is 180 Å². The van der Waals surface area contributed by atoms with Crippen LogP contribution in [0, 0.1) is 0 Å². The molecule has 10 heterocycles. The first-order valence-electron chi connectivity index (χ1n) is 40.2. The summed E-state index contributed by atoms with van der Waals surface area (Å²) in [6.45, 7) is 7.32. The van der Waals surface area contributed by atoms with Gasteiger partial charge in [0.15, 0.2) is 46.3 Å². The molecule has 10 N–H and O–H groups in total. The number of carboxylic acid groups (broad SMARTS) is 1. The normalized spacial score (nSPS) is 18.0. The number of aliphatic carboxylic acids is 1. The van der Waals surface area contributed by atoms with E-state index in [1.54, 1.807) is 24.3 Å². The van der Waals surface area contributed by atoms with Crippen LogP contribution in [-0.4, -0.2) is 271 Å². The summed E-state index contributed by atoms with van der Waals surface area (Å²) >= 11 is 128. The van der Waals surface area contributed by atoms with Gasteiger partial charge in [0.2, 0.25) is 0 Å². The number of hydrogen-bond donors (Lipinski definition) is 10. The van der Waals surface area contributed by atoms with Gasteiger partial charge in [0.1, 0.15) is 15.7 Å². The second kappa shape index (κ2) is 76.7. The summed E-state index contributed by atoms with van der Waals surface area (Å²) in [5, 5.41) is 58.2. The maximum Gasteiger partial charge on any atom is 1.00 e. The summed E-state index contributed by atoms with van der Waals surface area (Å²) in [6.07, 6.45) is 10.4. The van der Waals surface area contributed by atoms with Crippen molar-refractivity contribution in [3.63, 3.8) is 0 Å². The molecule has 0 aliphatic carbocycles. The van der Waals surface area contributed by atoms with Gasteiger partial charge in [-0.2, -0.15) is 8.42 Å². The molecule has 4 saturated heterocycles. The molecule has 6 aromatic carbocycles. The number of Topliss-reactive ketones (excluding diaryl/α,β-unsaturated/α-hetero) is 3. The summed E-state index contributed by atoms with van der Waals surface area (Å²) in [7, 11) is 2.97. The number of halogens is 20. The van der Waals surface area contributed by atoms with Gasteiger partial charge in [-0.15, -0.1) is 83.0 Å². The van der Waals surface area contributed by atoms with Gasteiger partial charge in [-0.05, 0) is 113 Å². The van der Waals surface area contributed by atoms with Gasteiger partial charge in [-0.3, -0.25) is 37.9 Å². The number of nitrogens with two attached hydrogens (primary N) is 1. The van der Waals surface area contributed by atoms with Crippen molar-refractivity contribution in [1.82, 2.24) is 4.90 Å². The number of cyclic esters (lactones) is 2. The first-order chi connectivity index (χ1) is 66.0. The molecule has 0 amide bonds. The van der Waals surface area contributed by atoms with E-state index in [1.165, 1.54) is 105 Å². The van der Waals surface area contributed by atoms with Crippen LogP contribution >= 0.6 is 304 Å². The van der Waals surface area contributed by atoms with Crippen LogP contribution in [0.3, 0.4) is 0 Å². The fourth-order valence-corrected chi connectivity index (χ4v) is 23.9. The Morgan fingerprint density at radius 2 is 0.759 bits per heavy atom. The predicted octanol–water partition coefficient (Wildman–Crippen LogP) is 21.9. The number of rotatable bonds is 9. The molecule has 2 spiro atoms. The van der Waals surface area contributed by atoms with Crippen molar-refractivity contribution in [1.29, 1.82) is 0 Å². The summed E-state index contributed by atoms with van der Waals surface area (Å²) in [4.78, 5) is 95.6. The zero-order valence-electron chi connectivity index (χ0n) is 75.8. The molecule has 29 nitrogen and oxygen atoms in total. The molecule has 5 atom stereocenters. The van der Waals surface area contributed by atoms with Crippen molar-refractivity contribution in [2.24, 2.45) is 5.25 Å². The quantitative estimate of drug-likeness (QED) is 0.00739. The van der Waals surface area contributed by atoms with E-state index in [0.717, 1.165) is 87.6 Å². The van der Waals surface area contributed by atoms with Gasteiger partial charge in [-0.25, -0.2) is 14.8 Å². The molecule has 4 fully saturated rings. The van der Waals surface area contributed by atoms with Gasteiger partial charge < -0.3 is 79.6 Å². The third-order valence-corrected chi connectivity index (χ3v) is 32.5. The molecule has 10 aliphatic rings. The van der Waals surface area contributed by atoms with Crippen molar-refractivity contribution < 1.29 is 149 Å². The second-order valence-corrected chi connectivity index (χ2v) is 43.6. The molecule has 0 bridgehead atoms. The van der Waals surface area contributed by atoms with Crippen LogP contribution < -0.4 is 24.1 Å². The van der Waals surface area contributed by atoms with Gasteiger partial charge in [0.25, 0.3) is 0 Å². The molecule has 0 saturated carbocycles. The zero-order chi connectivity index (χ0) is 106. The topological polar surface area (TPSA) is 445 Å². The van der Waals surface area contributed by atoms with E-state index < -0.39 is 61.6 Å². The average Bonchev–Trinajstić information content (AvgIpc) is 0.760. The van der Waals surface area contributed by atoms with Crippen LogP contribution in [0.15, 0.2) is 84.0 Å². The van der Waals surface area contributed by atoms with E-state index in [4.69, 9.17) is 297 Å². The van der Waals surface area contributed by atoms with Gasteiger partial charge in [0, 0.05) is 154 Å². The van der Waals surface area contributed by atoms with Gasteiger partial charge in [0.05, 0.1) is 161 Å². The number of thioether (sulfide) groups is 5. The Kier molecular flexibility index (Phi) is 78.8. The smallest absolute Gasteiger partial charge is 1.00 e. The summed E-state index contributed by atoms with van der Waals surface area (Å²) in [6, 6.07) is 10.7. The molecular weight excluding hydrogens is 2470 g/mol. The molecule has 5 unspecified atom stereocenters. The fourth-order valence-electron chi connectivity index (χ4n) is 12.1. The third-order valence-electron chi connectivity index (χ3n) is 18.3. The van der Waals surface area contributed by atoms with Crippen molar-refractivity contribution in [2.75, 3.05) is 127 Å². The Labute approximate surface area is 993 Å². The van der Waals surface area contributed by atoms with Crippen LogP contribution in [0.2, 0.25) is 90.4 Å². The summed E-state index contributed by atoms with van der Waals surface area (Å²) < 4.78 is 78.6. The maximum atomic E-state index is 12.0. The van der Waals surface area contributed by atoms with Gasteiger partial charge in [-0.1, -0.05) is 231 Å². The van der Waals surface area contributed by atoms with Crippen molar-refractivity contribution in [3.05, 3.63) is 173 Å². The number of thiol groups is 1. The number of fused-ring (bicyclic) bond motifs is 7. The second-order valence-electron chi connectivity index (χ2n) is 28.4. The maximum absolute atomic E-state index is 12.0. The zero-order valence-corrected chi connectivity index (χ0v) is 95.7. The van der Waals surface area contributed by atoms with Crippen LogP contribution in [0.1, 0.15) is 143 Å². The van der Waals surface area contributed by atoms with E-state index in [0.29, 0.717) is 148 Å². The van der Waals surface area contributed by atoms with E-state index in [9.17, 15) is 43.5 Å². The molecule has 0 aromatic heterocycles. The largest absolute Gasteiger partial charge is 1.00 e. The average molecular weight is 2580 g/mol. The number of hydrogen-bond acceptors (Lipinski definition) is 32. The summed E-state index contributed by atoms with van der Waals surface area (Å²) in [5.41, 5.74) is 2.21. The molecule has 814 valence electrons. The minimum absolute atomic E-state index is 0. The van der Waals surface area contributed by atoms with Crippen LogP contribution in [0.5, 0.6) is 0 Å². The predicted molar refractivity (Wildman–Crippen MR) is 595 cm³/mol. The Morgan fingerprint density at radius 1 is 0.455 bits per heavy atom. The molecular formula is C87H108AlCl20LiN2O27S7. The number of carboxylic acids is 1. The molecule has 0 radical (unpaired) electrons. The number of benzene rings is 6. The number of carbonyl (C=O) groups is 8. The molecule has 145 heavy (non-hydrogen) atoms. The number of carbonyl (C=O) groups excluding carboxylic acids is 7. The Morgan fingerprint density at radius 3 is 1.06 bits per heavy atom. The number of esters is 4. The monoisotopic (exact) mass is 2570 g/mol. The molecule has 10 aliphatic heterocycles. The van der Waals surface area contributed by atoms with Crippen molar-refractivity contribution >= 4 is 379 Å². The SMILES string of the molecule is C.C.C.C1CCOC1.C1CCOC1.CN(C)CCCl.CO.COC(=O)C1CC(=O)c2c(Cl)c(Cl)cc(Cl)c2S1.COC(=O)C1CC2(OCCCO2)c2c(Cl)c(Cl)cc(Cl)c2S1.NCl.O=C1C=CC(=O)O1.O=C1CC(C(=O)O)Sc2c(Cl)cc(Cl)c(Cl)c21.O=C1CC(CO)Sc2c(Cl)cc(Cl)c(Cl)c21.O=S(=O)(O)O.OCC1CC2(OCCCO2)c2c(Cl)c(Cl)cc(Cl)c2S1.OCCCO.Sc1cc(Cl)c(Cl)cc1Cl.[AlH3].[H-].[Li+]. The number of methoxy groups -OCH3 is 2. The minimum Gasteiger partial charge on any atom is -1.00 e. The fraction of sp³-hybridized carbons (Fsp3) is 0.471. The third kappa shape index (κ3) is 48.0. The van der Waals surface area contributed by atoms with E-state index in [1.807, 2.05) is 19.0 Å². The Balaban J connectivity index is -0.000000773. The summed E-state index contributed by atoms with van der Waals surface area (Å²) in [5.74, 6) is -5.06. The van der Waals surface area contributed by atoms with E-state index >= 15 is 0 Å². The Hall–Kier alpha value is -0.000130. The van der Waals surface area contributed by atoms with Crippen molar-refractivity contribution in [2.45, 2.75) is 167 Å². The molecule has 6 aromatic rings. The standard InChI is InChI=1S/C14H13Cl3O4S.C13H13Cl3O3S.C11H7Cl3O3S.C10H5Cl3O3S.C10H7Cl3O2S.C6H3Cl3S.C4H10ClN.C4H2O3.2C4H8O.C3H8O2.CH4O.3CH4.Al.ClH2N.Li.H2O4S.4H/c1-19-13(18)9-6-14(20-3-2-4-21-14)10-11(17)7(15)5-8(16)12(10)22-9;14-8-4-9(15)12-10(11(8)16)13(5-7(6-17)20-12)18-2-1-3-19-13;1-17-11(16)7-3-6(15)8-9(14)4(12)2-5(13)10(8)18-7;11-3-1-4(12)9-7(8(3)13)5(14)2-6(17-9)10(15)16;11-5-2-6(12)10-8(9(5)13)7(15)1-4(3-14)16-10;7-3-1-5(9)6(10)2-4(3)8;1-6(2)4-3-5;5-3-1-2-4(6)7-3;2*1-2-4-5-3-1;4-2-1-3-5;1-2;;;;;1-2;;1-5(2,3)4;;;;/h5,9H,2-4,6H2,1H3;4,7,17H,1-3,5-6H2;2,7H,3H2,1H3;1,6H,2H2,(H,15,16);2,4,14H,1,3H2;1-2,10H;3-4H2,1-2H3;1-2H;2*1-4H2;4-5H,1-3H2;2H,1H3;3*1H4;;2H2;;(H2,1,2,3,4);;;;/q;;;;;;;;;;;;;;;;;+1;;;;;-1. The first kappa shape index (κ1) is 149.